The minimum Gasteiger partial charge on any atom is -0.508 e. The third-order valence-corrected chi connectivity index (χ3v) is 7.55. The Balaban J connectivity index is 1.49. The number of hydrogen-bond donors (Lipinski definition) is 5. The minimum absolute atomic E-state index is 0.0968. The van der Waals surface area contributed by atoms with Gasteiger partial charge in [0.1, 0.15) is 29.4 Å². The van der Waals surface area contributed by atoms with Gasteiger partial charge in [-0.2, -0.15) is 0 Å². The molecule has 0 aliphatic carbocycles. The Hall–Kier alpha value is -6.19. The number of methoxy groups -OCH3 is 1. The minimum atomic E-state index is -1.69. The topological polar surface area (TPSA) is 242 Å². The third-order valence-electron chi connectivity index (χ3n) is 7.55. The number of rotatable bonds is 12. The van der Waals surface area contributed by atoms with Gasteiger partial charge in [-0.25, -0.2) is 0 Å². The number of aliphatic carboxylic acids is 2. The summed E-state index contributed by atoms with van der Waals surface area (Å²) in [7, 11) is 1.34. The van der Waals surface area contributed by atoms with Crippen LogP contribution in [0.2, 0.25) is 0 Å². The molecule has 0 aromatic heterocycles. The lowest BCUT2D eigenvalue weighted by molar-refractivity contribution is -0.154. The number of carbonyl (C=O) groups is 5. The molecule has 4 atom stereocenters. The molecule has 0 fully saturated rings. The van der Waals surface area contributed by atoms with E-state index in [4.69, 9.17) is 38.6 Å². The summed E-state index contributed by atoms with van der Waals surface area (Å²) in [6.45, 7) is -0.355. The molecule has 16 heteroatoms. The van der Waals surface area contributed by atoms with E-state index in [-0.39, 0.29) is 52.9 Å². The Bertz CT molecular complexity index is 1800. The van der Waals surface area contributed by atoms with Gasteiger partial charge in [-0.3, -0.25) is 24.0 Å². The molecule has 2 aliphatic rings. The van der Waals surface area contributed by atoms with Gasteiger partial charge in [0.15, 0.2) is 41.3 Å². The predicted octanol–water partition coefficient (Wildman–Crippen LogP) is 3.19. The molecule has 2 aliphatic heterocycles. The molecule has 2 heterocycles. The molecule has 258 valence electrons. The zero-order valence-corrected chi connectivity index (χ0v) is 25.7. The predicted molar refractivity (Wildman–Crippen MR) is 161 cm³/mol. The summed E-state index contributed by atoms with van der Waals surface area (Å²) in [5.74, 6) is -6.18. The van der Waals surface area contributed by atoms with E-state index in [1.165, 1.54) is 43.5 Å². The van der Waals surface area contributed by atoms with Crippen LogP contribution in [0.5, 0.6) is 40.2 Å². The van der Waals surface area contributed by atoms with Crippen LogP contribution >= 0.6 is 0 Å². The standard InChI is InChI=1S/C33H30O16/c1-44-21-10-15(2-4-18(21)35)31-24(14-45-27(41)8-6-25(37)38)46-20-5-3-16(11-22(20)47-31)32-33(49-28(42)9-7-26(39)40)30(43)29-19(36)12-17(34)13-23(29)48-32/h2-5,10-13,24,31-36H,6-9,14H2,1H3,(H,37,38)(H,39,40). The van der Waals surface area contributed by atoms with Crippen molar-refractivity contribution < 1.29 is 77.9 Å². The Morgan fingerprint density at radius 1 is 0.714 bits per heavy atom. The number of aromatic hydroxyl groups is 3. The molecule has 3 aromatic carbocycles. The number of esters is 2. The SMILES string of the molecule is COc1cc(C2Oc3cc(C4Oc5cc(O)cc(O)c5C(=O)C4OC(=O)CCC(=O)O)ccc3OC2COC(=O)CCC(=O)O)ccc1O. The van der Waals surface area contributed by atoms with Crippen molar-refractivity contribution in [2.75, 3.05) is 13.7 Å². The highest BCUT2D eigenvalue weighted by Crippen LogP contribution is 2.46. The van der Waals surface area contributed by atoms with E-state index in [9.17, 15) is 39.3 Å². The fourth-order valence-corrected chi connectivity index (χ4v) is 5.23. The van der Waals surface area contributed by atoms with Gasteiger partial charge in [-0.05, 0) is 24.3 Å². The molecule has 0 saturated heterocycles. The van der Waals surface area contributed by atoms with Gasteiger partial charge in [-0.15, -0.1) is 0 Å². The average molecular weight is 683 g/mol. The normalized spacial score (nSPS) is 19.2. The van der Waals surface area contributed by atoms with Crippen LogP contribution in [0.15, 0.2) is 48.5 Å². The van der Waals surface area contributed by atoms with Crippen LogP contribution in [0.3, 0.4) is 0 Å². The second-order valence-electron chi connectivity index (χ2n) is 11.0. The van der Waals surface area contributed by atoms with Crippen molar-refractivity contribution in [1.29, 1.82) is 0 Å². The van der Waals surface area contributed by atoms with Crippen LogP contribution in [0.25, 0.3) is 0 Å². The molecule has 5 N–H and O–H groups in total. The van der Waals surface area contributed by atoms with Crippen molar-refractivity contribution in [2.45, 2.75) is 50.1 Å². The van der Waals surface area contributed by atoms with Gasteiger partial charge >= 0.3 is 23.9 Å². The lowest BCUT2D eigenvalue weighted by Crippen LogP contribution is -2.40. The summed E-state index contributed by atoms with van der Waals surface area (Å²) in [4.78, 5) is 60.3. The van der Waals surface area contributed by atoms with E-state index in [0.717, 1.165) is 12.1 Å². The van der Waals surface area contributed by atoms with Crippen molar-refractivity contribution in [2.24, 2.45) is 0 Å². The number of carbonyl (C=O) groups excluding carboxylic acids is 3. The summed E-state index contributed by atoms with van der Waals surface area (Å²) < 4.78 is 34.3. The molecule has 0 bridgehead atoms. The molecule has 49 heavy (non-hydrogen) atoms. The van der Waals surface area contributed by atoms with Crippen LogP contribution in [0.4, 0.5) is 0 Å². The van der Waals surface area contributed by atoms with Gasteiger partial charge in [-0.1, -0.05) is 12.1 Å². The zero-order chi connectivity index (χ0) is 35.4. The number of Topliss-reactive ketones (excluding diaryl/α,β-unsaturated/α-hetero) is 1. The van der Waals surface area contributed by atoms with E-state index in [1.807, 2.05) is 0 Å². The number of carboxylic acid groups (broad SMARTS) is 2. The molecular formula is C33H30O16. The van der Waals surface area contributed by atoms with Gasteiger partial charge in [0.05, 0.1) is 32.8 Å². The quantitative estimate of drug-likeness (QED) is 0.172. The average Bonchev–Trinajstić information content (AvgIpc) is 3.05. The van der Waals surface area contributed by atoms with Crippen molar-refractivity contribution in [3.05, 3.63) is 65.2 Å². The van der Waals surface area contributed by atoms with Crippen molar-refractivity contribution in [3.8, 4) is 40.2 Å². The fourth-order valence-electron chi connectivity index (χ4n) is 5.23. The molecule has 16 nitrogen and oxygen atoms in total. The molecule has 3 aromatic rings. The number of benzene rings is 3. The Morgan fingerprint density at radius 3 is 2.06 bits per heavy atom. The number of phenols is 3. The highest BCUT2D eigenvalue weighted by molar-refractivity contribution is 6.06. The molecule has 0 radical (unpaired) electrons. The maximum atomic E-state index is 13.6. The molecule has 0 saturated carbocycles. The first-order chi connectivity index (χ1) is 23.3. The number of carboxylic acids is 2. The molecular weight excluding hydrogens is 652 g/mol. The Morgan fingerprint density at radius 2 is 1.37 bits per heavy atom. The molecule has 0 spiro atoms. The summed E-state index contributed by atoms with van der Waals surface area (Å²) in [5.41, 5.74) is 0.275. The maximum Gasteiger partial charge on any atom is 0.307 e. The number of hydrogen-bond acceptors (Lipinski definition) is 14. The second-order valence-corrected chi connectivity index (χ2v) is 11.0. The highest BCUT2D eigenvalue weighted by Gasteiger charge is 2.44. The first-order valence-electron chi connectivity index (χ1n) is 14.7. The highest BCUT2D eigenvalue weighted by atomic mass is 16.6. The summed E-state index contributed by atoms with van der Waals surface area (Å²) in [6.07, 6.45) is -6.97. The Labute approximate surface area is 276 Å². The van der Waals surface area contributed by atoms with E-state index < -0.39 is 84.8 Å². The van der Waals surface area contributed by atoms with Gasteiger partial charge in [0.2, 0.25) is 11.9 Å². The van der Waals surface area contributed by atoms with Gasteiger partial charge in [0.25, 0.3) is 0 Å². The van der Waals surface area contributed by atoms with Crippen LogP contribution in [-0.2, 0) is 28.7 Å². The van der Waals surface area contributed by atoms with E-state index >= 15 is 0 Å². The molecule has 4 unspecified atom stereocenters. The van der Waals surface area contributed by atoms with E-state index in [1.54, 1.807) is 0 Å². The molecule has 5 rings (SSSR count). The van der Waals surface area contributed by atoms with Crippen LogP contribution in [-0.4, -0.2) is 81.1 Å². The summed E-state index contributed by atoms with van der Waals surface area (Å²) in [6, 6.07) is 10.7. The Kier molecular flexibility index (Phi) is 9.96. The number of phenolic OH excluding ortho intramolecular Hbond substituents is 3. The largest absolute Gasteiger partial charge is 0.508 e. The maximum absolute atomic E-state index is 13.6. The van der Waals surface area contributed by atoms with Crippen molar-refractivity contribution in [1.82, 2.24) is 0 Å². The lowest BCUT2D eigenvalue weighted by atomic mass is 9.92. The summed E-state index contributed by atoms with van der Waals surface area (Å²) >= 11 is 0. The first kappa shape index (κ1) is 34.2. The number of fused-ring (bicyclic) bond motifs is 2. The third kappa shape index (κ3) is 7.69. The first-order valence-corrected chi connectivity index (χ1v) is 14.7. The van der Waals surface area contributed by atoms with Crippen molar-refractivity contribution >= 4 is 29.7 Å². The molecule has 0 amide bonds. The van der Waals surface area contributed by atoms with Gasteiger partial charge in [0, 0.05) is 23.3 Å². The van der Waals surface area contributed by atoms with Crippen molar-refractivity contribution in [3.63, 3.8) is 0 Å². The second kappa shape index (κ2) is 14.3. The number of ketones is 1. The fraction of sp³-hybridized carbons (Fsp3) is 0.303. The smallest absolute Gasteiger partial charge is 0.307 e. The van der Waals surface area contributed by atoms with E-state index in [2.05, 4.69) is 0 Å². The van der Waals surface area contributed by atoms with Crippen LogP contribution in [0.1, 0.15) is 59.4 Å². The van der Waals surface area contributed by atoms with Crippen LogP contribution < -0.4 is 18.9 Å². The van der Waals surface area contributed by atoms with Gasteiger partial charge < -0.3 is 54.0 Å². The summed E-state index contributed by atoms with van der Waals surface area (Å²) in [5, 5.41) is 48.4. The number of ether oxygens (including phenoxy) is 6. The monoisotopic (exact) mass is 682 g/mol. The van der Waals surface area contributed by atoms with Crippen LogP contribution in [0, 0.1) is 0 Å². The zero-order valence-electron chi connectivity index (χ0n) is 25.7. The van der Waals surface area contributed by atoms with E-state index in [0.29, 0.717) is 5.56 Å². The lowest BCUT2D eigenvalue weighted by Gasteiger charge is -2.36.